The highest BCUT2D eigenvalue weighted by Gasteiger charge is 2.72. The Morgan fingerprint density at radius 1 is 1.03 bits per heavy atom. The number of aldehydes is 1. The lowest BCUT2D eigenvalue weighted by Crippen LogP contribution is -2.68. The first kappa shape index (κ1) is 21.3. The molecule has 170 valence electrons. The van der Waals surface area contributed by atoms with E-state index in [1.165, 1.54) is 12.3 Å². The van der Waals surface area contributed by atoms with E-state index < -0.39 is 39.9 Å². The summed E-state index contributed by atoms with van der Waals surface area (Å²) in [5.74, 6) is -0.819. The van der Waals surface area contributed by atoms with Crippen LogP contribution in [0.3, 0.4) is 0 Å². The number of rotatable bonds is 2. The second-order valence-electron chi connectivity index (χ2n) is 10.9. The molecule has 0 aliphatic heterocycles. The lowest BCUT2D eigenvalue weighted by Gasteiger charge is -2.65. The highest BCUT2D eigenvalue weighted by atomic mass is 16.4. The molecule has 31 heavy (non-hydrogen) atoms. The molecule has 0 saturated heterocycles. The van der Waals surface area contributed by atoms with Gasteiger partial charge in [-0.25, -0.2) is 4.79 Å². The van der Waals surface area contributed by atoms with Crippen molar-refractivity contribution in [2.75, 3.05) is 0 Å². The van der Waals surface area contributed by atoms with E-state index in [2.05, 4.69) is 0 Å². The minimum absolute atomic E-state index is 0.185. The number of carbonyl (C=O) groups excluding carboxylic acids is 1. The van der Waals surface area contributed by atoms with E-state index in [0.29, 0.717) is 44.1 Å². The summed E-state index contributed by atoms with van der Waals surface area (Å²) >= 11 is 0. The molecule has 1 heterocycles. The van der Waals surface area contributed by atoms with Gasteiger partial charge in [-0.1, -0.05) is 6.92 Å². The fourth-order valence-electron chi connectivity index (χ4n) is 8.33. The zero-order valence-electron chi connectivity index (χ0n) is 17.9. The molecule has 7 heteroatoms. The Bertz CT molecular complexity index is 924. The Hall–Kier alpha value is -1.54. The van der Waals surface area contributed by atoms with Gasteiger partial charge in [0.2, 0.25) is 0 Å². The van der Waals surface area contributed by atoms with Gasteiger partial charge in [-0.3, -0.25) is 0 Å². The number of hydrogen-bond acceptors (Lipinski definition) is 7. The van der Waals surface area contributed by atoms with Gasteiger partial charge in [-0.05, 0) is 62.0 Å². The maximum absolute atomic E-state index is 12.5. The third-order valence-corrected chi connectivity index (χ3v) is 9.81. The topological polar surface area (TPSA) is 128 Å². The van der Waals surface area contributed by atoms with Crippen molar-refractivity contribution >= 4 is 6.29 Å². The molecular weight excluding hydrogens is 400 g/mol. The summed E-state index contributed by atoms with van der Waals surface area (Å²) in [6.07, 6.45) is 4.25. The summed E-state index contributed by atoms with van der Waals surface area (Å²) in [7, 11) is 0. The van der Waals surface area contributed by atoms with Crippen molar-refractivity contribution < 1.29 is 29.6 Å². The van der Waals surface area contributed by atoms with Gasteiger partial charge in [-0.2, -0.15) is 0 Å². The zero-order chi connectivity index (χ0) is 22.2. The van der Waals surface area contributed by atoms with Crippen molar-refractivity contribution in [2.24, 2.45) is 22.7 Å². The molecule has 0 bridgehead atoms. The Labute approximate surface area is 181 Å². The summed E-state index contributed by atoms with van der Waals surface area (Å²) in [4.78, 5) is 24.0. The summed E-state index contributed by atoms with van der Waals surface area (Å²) < 4.78 is 5.06. The van der Waals surface area contributed by atoms with Gasteiger partial charge in [0.25, 0.3) is 0 Å². The smallest absolute Gasteiger partial charge is 0.335 e. The van der Waals surface area contributed by atoms with Gasteiger partial charge in [0, 0.05) is 30.2 Å². The van der Waals surface area contributed by atoms with Gasteiger partial charge < -0.3 is 29.6 Å². The zero-order valence-corrected chi connectivity index (χ0v) is 17.9. The van der Waals surface area contributed by atoms with Gasteiger partial charge >= 0.3 is 5.63 Å². The SMILES string of the molecule is C[C@]12CC[C@H]3[C@@H](CC[C@]4(O)C[C@@H](O)CC[C@]34C=O)[C@@]1(O)C[C@H](O)[C@@H]2c1ccc(=O)oc1. The highest BCUT2D eigenvalue weighted by Crippen LogP contribution is 2.70. The van der Waals surface area contributed by atoms with Gasteiger partial charge in [0.1, 0.15) is 6.29 Å². The molecule has 1 aromatic heterocycles. The largest absolute Gasteiger partial charge is 0.431 e. The molecule has 1 aromatic rings. The van der Waals surface area contributed by atoms with Crippen LogP contribution in [0.15, 0.2) is 27.6 Å². The van der Waals surface area contributed by atoms with Crippen molar-refractivity contribution in [3.63, 3.8) is 0 Å². The number of carbonyl (C=O) groups is 1. The van der Waals surface area contributed by atoms with Gasteiger partial charge in [-0.15, -0.1) is 0 Å². The van der Waals surface area contributed by atoms with Crippen molar-refractivity contribution in [1.82, 2.24) is 0 Å². The average Bonchev–Trinajstić information content (AvgIpc) is 2.93. The van der Waals surface area contributed by atoms with E-state index in [-0.39, 0.29) is 30.6 Å². The van der Waals surface area contributed by atoms with Crippen molar-refractivity contribution in [2.45, 2.75) is 87.6 Å². The van der Waals surface area contributed by atoms with Crippen LogP contribution in [-0.4, -0.2) is 50.1 Å². The third-order valence-electron chi connectivity index (χ3n) is 9.81. The van der Waals surface area contributed by atoms with E-state index in [4.69, 9.17) is 4.42 Å². The predicted molar refractivity (Wildman–Crippen MR) is 110 cm³/mol. The highest BCUT2D eigenvalue weighted by molar-refractivity contribution is 5.64. The van der Waals surface area contributed by atoms with Crippen LogP contribution < -0.4 is 5.63 Å². The van der Waals surface area contributed by atoms with E-state index in [1.807, 2.05) is 6.92 Å². The summed E-state index contributed by atoms with van der Waals surface area (Å²) in [6, 6.07) is 3.00. The van der Waals surface area contributed by atoms with Crippen LogP contribution in [-0.2, 0) is 4.79 Å². The lowest BCUT2D eigenvalue weighted by molar-refractivity contribution is -0.247. The first-order valence-electron chi connectivity index (χ1n) is 11.5. The molecule has 0 spiro atoms. The van der Waals surface area contributed by atoms with Crippen molar-refractivity contribution in [3.05, 3.63) is 34.4 Å². The standard InChI is InChI=1S/C24H32O7/c1-21-7-5-16-17(6-9-23(29)10-15(26)4-8-22(16,23)13-25)24(21,30)11-18(27)20(21)14-2-3-19(28)31-12-14/h2-3,12-13,15-18,20,26-27,29-30H,4-11H2,1H3/t15-,16-,17+,18-,20-,21+,22-,23-,24-/m0/s1. The average molecular weight is 433 g/mol. The van der Waals surface area contributed by atoms with Crippen molar-refractivity contribution in [1.29, 1.82) is 0 Å². The van der Waals surface area contributed by atoms with Crippen LogP contribution in [0.2, 0.25) is 0 Å². The monoisotopic (exact) mass is 432 g/mol. The van der Waals surface area contributed by atoms with E-state index in [1.54, 1.807) is 6.07 Å². The normalized spacial score (nSPS) is 51.5. The first-order valence-corrected chi connectivity index (χ1v) is 11.5. The molecule has 4 aliphatic carbocycles. The van der Waals surface area contributed by atoms with Crippen LogP contribution in [0.5, 0.6) is 0 Å². The molecule has 7 nitrogen and oxygen atoms in total. The van der Waals surface area contributed by atoms with Crippen molar-refractivity contribution in [3.8, 4) is 0 Å². The number of aliphatic hydroxyl groups is 4. The summed E-state index contributed by atoms with van der Waals surface area (Å²) in [5, 5.41) is 44.9. The second-order valence-corrected chi connectivity index (χ2v) is 10.9. The second kappa shape index (κ2) is 6.73. The van der Waals surface area contributed by atoms with E-state index >= 15 is 0 Å². The summed E-state index contributed by atoms with van der Waals surface area (Å²) in [5.41, 5.74) is -3.85. The Balaban J connectivity index is 1.56. The molecule has 0 unspecified atom stereocenters. The first-order chi connectivity index (χ1) is 14.6. The van der Waals surface area contributed by atoms with Gasteiger partial charge in [0.15, 0.2) is 0 Å². The Morgan fingerprint density at radius 3 is 2.45 bits per heavy atom. The van der Waals surface area contributed by atoms with E-state index in [0.717, 1.165) is 6.29 Å². The molecule has 0 aromatic carbocycles. The molecule has 0 radical (unpaired) electrons. The minimum atomic E-state index is -1.25. The molecular formula is C24H32O7. The number of fused-ring (bicyclic) bond motifs is 5. The van der Waals surface area contributed by atoms with E-state index in [9.17, 15) is 30.0 Å². The lowest BCUT2D eigenvalue weighted by atomic mass is 9.41. The molecule has 4 N–H and O–H groups in total. The van der Waals surface area contributed by atoms with Crippen LogP contribution in [0.25, 0.3) is 0 Å². The van der Waals surface area contributed by atoms with Crippen LogP contribution in [0.4, 0.5) is 0 Å². The molecule has 4 saturated carbocycles. The van der Waals surface area contributed by atoms with Crippen LogP contribution >= 0.6 is 0 Å². The molecule has 9 atom stereocenters. The number of aliphatic hydroxyl groups excluding tert-OH is 2. The molecule has 4 aliphatic rings. The quantitative estimate of drug-likeness (QED) is 0.522. The predicted octanol–water partition coefficient (Wildman–Crippen LogP) is 1.51. The maximum atomic E-state index is 12.5. The Morgan fingerprint density at radius 2 is 1.77 bits per heavy atom. The minimum Gasteiger partial charge on any atom is -0.431 e. The van der Waals surface area contributed by atoms with Crippen LogP contribution in [0.1, 0.15) is 69.8 Å². The van der Waals surface area contributed by atoms with Crippen LogP contribution in [0, 0.1) is 22.7 Å². The molecule has 0 amide bonds. The molecule has 4 fully saturated rings. The molecule has 5 rings (SSSR count). The fraction of sp³-hybridized carbons (Fsp3) is 0.750. The number of hydrogen-bond donors (Lipinski definition) is 4. The van der Waals surface area contributed by atoms with Gasteiger partial charge in [0.05, 0.1) is 35.1 Å². The maximum Gasteiger partial charge on any atom is 0.335 e. The Kier molecular flexibility index (Phi) is 4.63. The fourth-order valence-corrected chi connectivity index (χ4v) is 8.33. The summed E-state index contributed by atoms with van der Waals surface area (Å²) in [6.45, 7) is 1.99. The third kappa shape index (κ3) is 2.60.